The molecule has 0 bridgehead atoms. The second-order valence-electron chi connectivity index (χ2n) is 3.95. The number of benzene rings is 1. The molecule has 1 atom stereocenters. The lowest BCUT2D eigenvalue weighted by Crippen LogP contribution is -2.08. The first kappa shape index (κ1) is 12.8. The van der Waals surface area contributed by atoms with Crippen molar-refractivity contribution >= 4 is 28.5 Å². The highest BCUT2D eigenvalue weighted by atomic mass is 32.2. The molecule has 0 N–H and O–H groups in total. The maximum Gasteiger partial charge on any atom is 0.306 e. The van der Waals surface area contributed by atoms with Crippen molar-refractivity contribution in [1.82, 2.24) is 10.2 Å². The fourth-order valence-electron chi connectivity index (χ4n) is 1.64. The van der Waals surface area contributed by atoms with Gasteiger partial charge in [0.25, 0.3) is 0 Å². The number of nitrogens with zero attached hydrogens (tertiary/aromatic N) is 2. The molecular formula is C13H14N2O2S. The second-order valence-corrected chi connectivity index (χ2v) is 5.37. The molecule has 0 aliphatic carbocycles. The van der Waals surface area contributed by atoms with E-state index in [4.69, 9.17) is 0 Å². The van der Waals surface area contributed by atoms with E-state index in [1.807, 2.05) is 31.2 Å². The minimum Gasteiger partial charge on any atom is -0.469 e. The fraction of sp³-hybridized carbons (Fsp3) is 0.308. The summed E-state index contributed by atoms with van der Waals surface area (Å²) in [6, 6.07) is 7.95. The number of rotatable bonds is 4. The number of hydrogen-bond donors (Lipinski definition) is 0. The van der Waals surface area contributed by atoms with Crippen LogP contribution in [0.1, 0.15) is 13.3 Å². The van der Waals surface area contributed by atoms with Crippen molar-refractivity contribution in [1.29, 1.82) is 0 Å². The van der Waals surface area contributed by atoms with Crippen LogP contribution in [0.3, 0.4) is 0 Å². The largest absolute Gasteiger partial charge is 0.469 e. The highest BCUT2D eigenvalue weighted by Gasteiger charge is 2.13. The van der Waals surface area contributed by atoms with Gasteiger partial charge in [-0.15, -0.1) is 16.9 Å². The Morgan fingerprint density at radius 2 is 2.22 bits per heavy atom. The molecular weight excluding hydrogens is 248 g/mol. The van der Waals surface area contributed by atoms with Crippen LogP contribution in [0.4, 0.5) is 0 Å². The van der Waals surface area contributed by atoms with Gasteiger partial charge in [0.2, 0.25) is 0 Å². The van der Waals surface area contributed by atoms with Gasteiger partial charge < -0.3 is 4.74 Å². The monoisotopic (exact) mass is 262 g/mol. The summed E-state index contributed by atoms with van der Waals surface area (Å²) in [5.74, 6) is -0.205. The average Bonchev–Trinajstić information content (AvgIpc) is 2.39. The van der Waals surface area contributed by atoms with Gasteiger partial charge in [-0.3, -0.25) is 4.79 Å². The number of fused-ring (bicyclic) bond motifs is 1. The molecule has 0 saturated heterocycles. The summed E-state index contributed by atoms with van der Waals surface area (Å²) in [5.41, 5.74) is 0. The Labute approximate surface area is 110 Å². The van der Waals surface area contributed by atoms with Crippen LogP contribution in [0.25, 0.3) is 10.8 Å². The third kappa shape index (κ3) is 2.98. The zero-order valence-electron chi connectivity index (χ0n) is 10.3. The van der Waals surface area contributed by atoms with Crippen LogP contribution >= 0.6 is 11.8 Å². The summed E-state index contributed by atoms with van der Waals surface area (Å²) in [4.78, 5) is 11.2. The van der Waals surface area contributed by atoms with Crippen LogP contribution in [0, 0.1) is 0 Å². The zero-order valence-corrected chi connectivity index (χ0v) is 11.1. The van der Waals surface area contributed by atoms with Crippen molar-refractivity contribution < 1.29 is 9.53 Å². The van der Waals surface area contributed by atoms with Gasteiger partial charge >= 0.3 is 5.97 Å². The first-order chi connectivity index (χ1) is 8.70. The average molecular weight is 262 g/mol. The number of carbonyl (C=O) groups is 1. The van der Waals surface area contributed by atoms with Crippen LogP contribution in [-0.4, -0.2) is 28.5 Å². The highest BCUT2D eigenvalue weighted by Crippen LogP contribution is 2.29. The Bertz CT molecular complexity index is 554. The molecule has 1 aromatic carbocycles. The lowest BCUT2D eigenvalue weighted by atomic mass is 10.2. The van der Waals surface area contributed by atoms with Gasteiger partial charge in [0.05, 0.1) is 19.7 Å². The first-order valence-corrected chi connectivity index (χ1v) is 6.52. The van der Waals surface area contributed by atoms with Gasteiger partial charge in [-0.25, -0.2) is 0 Å². The maximum atomic E-state index is 11.2. The standard InChI is InChI=1S/C13H14N2O2S/c1-9(7-12(16)17-2)18-13-11-6-4-3-5-10(11)8-14-15-13/h3-6,8-9H,7H2,1-2H3. The summed E-state index contributed by atoms with van der Waals surface area (Å²) in [5, 5.41) is 11.2. The molecule has 0 spiro atoms. The summed E-state index contributed by atoms with van der Waals surface area (Å²) >= 11 is 1.54. The van der Waals surface area contributed by atoms with Crippen molar-refractivity contribution in [2.24, 2.45) is 0 Å². The molecule has 0 fully saturated rings. The summed E-state index contributed by atoms with van der Waals surface area (Å²) < 4.78 is 4.66. The maximum absolute atomic E-state index is 11.2. The molecule has 94 valence electrons. The van der Waals surface area contributed by atoms with Gasteiger partial charge in [-0.1, -0.05) is 31.2 Å². The highest BCUT2D eigenvalue weighted by molar-refractivity contribution is 8.00. The minimum atomic E-state index is -0.205. The number of esters is 1. The van der Waals surface area contributed by atoms with Crippen LogP contribution in [-0.2, 0) is 9.53 Å². The molecule has 0 radical (unpaired) electrons. The quantitative estimate of drug-likeness (QED) is 0.626. The van der Waals surface area contributed by atoms with Crippen LogP contribution in [0.2, 0.25) is 0 Å². The van der Waals surface area contributed by atoms with Crippen molar-refractivity contribution in [2.45, 2.75) is 23.6 Å². The Balaban J connectivity index is 2.19. The van der Waals surface area contributed by atoms with Crippen molar-refractivity contribution in [3.63, 3.8) is 0 Å². The van der Waals surface area contributed by atoms with Crippen molar-refractivity contribution in [3.8, 4) is 0 Å². The molecule has 4 nitrogen and oxygen atoms in total. The van der Waals surface area contributed by atoms with E-state index in [1.54, 1.807) is 18.0 Å². The molecule has 18 heavy (non-hydrogen) atoms. The Morgan fingerprint density at radius 1 is 1.44 bits per heavy atom. The summed E-state index contributed by atoms with van der Waals surface area (Å²) in [7, 11) is 1.40. The molecule has 1 heterocycles. The van der Waals surface area contributed by atoms with Crippen LogP contribution in [0.15, 0.2) is 35.5 Å². The van der Waals surface area contributed by atoms with Crippen molar-refractivity contribution in [2.75, 3.05) is 7.11 Å². The summed E-state index contributed by atoms with van der Waals surface area (Å²) in [6.07, 6.45) is 2.11. The third-order valence-corrected chi connectivity index (χ3v) is 3.63. The molecule has 0 aliphatic rings. The smallest absolute Gasteiger partial charge is 0.306 e. The molecule has 0 amide bonds. The number of hydrogen-bond acceptors (Lipinski definition) is 5. The van der Waals surface area contributed by atoms with Crippen LogP contribution in [0.5, 0.6) is 0 Å². The predicted molar refractivity (Wildman–Crippen MR) is 71.5 cm³/mol. The van der Waals surface area contributed by atoms with Gasteiger partial charge in [0.1, 0.15) is 5.03 Å². The molecule has 1 aromatic heterocycles. The van der Waals surface area contributed by atoms with E-state index < -0.39 is 0 Å². The molecule has 5 heteroatoms. The van der Waals surface area contributed by atoms with Gasteiger partial charge in [0.15, 0.2) is 0 Å². The topological polar surface area (TPSA) is 52.1 Å². The van der Waals surface area contributed by atoms with Crippen molar-refractivity contribution in [3.05, 3.63) is 30.5 Å². The van der Waals surface area contributed by atoms with Gasteiger partial charge in [-0.05, 0) is 0 Å². The Hall–Kier alpha value is -1.62. The van der Waals surface area contributed by atoms with Crippen LogP contribution < -0.4 is 0 Å². The van der Waals surface area contributed by atoms with E-state index in [1.165, 1.54) is 7.11 Å². The van der Waals surface area contributed by atoms with E-state index in [9.17, 15) is 4.79 Å². The number of aromatic nitrogens is 2. The number of methoxy groups -OCH3 is 1. The number of ether oxygens (including phenoxy) is 1. The van der Waals surface area contributed by atoms with E-state index in [-0.39, 0.29) is 11.2 Å². The first-order valence-electron chi connectivity index (χ1n) is 5.64. The molecule has 2 aromatic rings. The zero-order chi connectivity index (χ0) is 13.0. The molecule has 0 aliphatic heterocycles. The second kappa shape index (κ2) is 5.82. The number of carbonyl (C=O) groups excluding carboxylic acids is 1. The predicted octanol–water partition coefficient (Wildman–Crippen LogP) is 2.67. The molecule has 1 unspecified atom stereocenters. The minimum absolute atomic E-state index is 0.109. The van der Waals surface area contributed by atoms with E-state index in [0.717, 1.165) is 15.8 Å². The van der Waals surface area contributed by atoms with Gasteiger partial charge in [-0.2, -0.15) is 5.10 Å². The lowest BCUT2D eigenvalue weighted by molar-refractivity contribution is -0.140. The van der Waals surface area contributed by atoms with E-state index in [0.29, 0.717) is 6.42 Å². The van der Waals surface area contributed by atoms with E-state index in [2.05, 4.69) is 14.9 Å². The Kier molecular flexibility index (Phi) is 4.15. The third-order valence-electron chi connectivity index (χ3n) is 2.53. The fourth-order valence-corrected chi connectivity index (χ4v) is 2.65. The summed E-state index contributed by atoms with van der Waals surface area (Å²) in [6.45, 7) is 1.98. The normalized spacial score (nSPS) is 12.3. The Morgan fingerprint density at radius 3 is 3.00 bits per heavy atom. The van der Waals surface area contributed by atoms with E-state index >= 15 is 0 Å². The molecule has 2 rings (SSSR count). The number of thioether (sulfide) groups is 1. The lowest BCUT2D eigenvalue weighted by Gasteiger charge is -2.10. The molecule has 0 saturated carbocycles. The SMILES string of the molecule is COC(=O)CC(C)Sc1nncc2ccccc12. The van der Waals surface area contributed by atoms with Gasteiger partial charge in [0, 0.05) is 16.0 Å².